The molecule has 0 spiro atoms. The molecule has 0 aliphatic rings. The van der Waals surface area contributed by atoms with E-state index >= 15 is 0 Å². The minimum absolute atomic E-state index is 0.181. The van der Waals surface area contributed by atoms with Crippen LogP contribution in [0.15, 0.2) is 58.3 Å². The van der Waals surface area contributed by atoms with Gasteiger partial charge in [-0.2, -0.15) is 0 Å². The van der Waals surface area contributed by atoms with Gasteiger partial charge in [0.2, 0.25) is 15.7 Å². The van der Waals surface area contributed by atoms with Crippen molar-refractivity contribution >= 4 is 21.4 Å². The van der Waals surface area contributed by atoms with Gasteiger partial charge >= 0.3 is 0 Å². The van der Waals surface area contributed by atoms with E-state index in [1.165, 1.54) is 12.1 Å². The summed E-state index contributed by atoms with van der Waals surface area (Å²) in [5, 5.41) is 2.61. The molecule has 0 saturated heterocycles. The minimum Gasteiger partial charge on any atom is -0.325 e. The predicted octanol–water partition coefficient (Wildman–Crippen LogP) is 2.11. The number of carbonyl (C=O) groups is 1. The molecule has 0 saturated carbocycles. The first-order valence-corrected chi connectivity index (χ1v) is 8.28. The first-order chi connectivity index (χ1) is 10.3. The molecule has 0 fully saturated rings. The SMILES string of the molecule is Cc1ccccc1S(=O)(=O)c1ccc(NC(=O)C(C)N)cc1. The van der Waals surface area contributed by atoms with Crippen LogP contribution in [0.1, 0.15) is 12.5 Å². The Labute approximate surface area is 130 Å². The van der Waals surface area contributed by atoms with E-state index in [0.717, 1.165) is 0 Å². The third kappa shape index (κ3) is 3.35. The fraction of sp³-hybridized carbons (Fsp3) is 0.188. The Balaban J connectivity index is 2.31. The number of hydrogen-bond acceptors (Lipinski definition) is 4. The second kappa shape index (κ2) is 6.29. The molecule has 0 aliphatic heterocycles. The van der Waals surface area contributed by atoms with Crippen molar-refractivity contribution in [1.82, 2.24) is 0 Å². The third-order valence-electron chi connectivity index (χ3n) is 3.23. The van der Waals surface area contributed by atoms with E-state index in [0.29, 0.717) is 11.3 Å². The van der Waals surface area contributed by atoms with Gasteiger partial charge in [0.15, 0.2) is 0 Å². The number of anilines is 1. The zero-order valence-corrected chi connectivity index (χ0v) is 13.2. The van der Waals surface area contributed by atoms with Crippen molar-refractivity contribution in [2.45, 2.75) is 29.7 Å². The number of rotatable bonds is 4. The molecule has 0 aliphatic carbocycles. The highest BCUT2D eigenvalue weighted by Crippen LogP contribution is 2.24. The molecule has 2 aromatic carbocycles. The molecule has 1 unspecified atom stereocenters. The summed E-state index contributed by atoms with van der Waals surface area (Å²) < 4.78 is 25.2. The Morgan fingerprint density at radius 3 is 2.23 bits per heavy atom. The van der Waals surface area contributed by atoms with Gasteiger partial charge in [-0.1, -0.05) is 18.2 Å². The second-order valence-electron chi connectivity index (χ2n) is 5.07. The maximum absolute atomic E-state index is 12.6. The summed E-state index contributed by atoms with van der Waals surface area (Å²) in [5.74, 6) is -0.325. The lowest BCUT2D eigenvalue weighted by atomic mass is 10.2. The zero-order valence-electron chi connectivity index (χ0n) is 12.4. The van der Waals surface area contributed by atoms with Gasteiger partial charge < -0.3 is 11.1 Å². The number of carbonyl (C=O) groups excluding carboxylic acids is 1. The summed E-state index contributed by atoms with van der Waals surface area (Å²) in [7, 11) is -3.57. The van der Waals surface area contributed by atoms with Crippen LogP contribution in [0.25, 0.3) is 0 Å². The Kier molecular flexibility index (Phi) is 4.63. The summed E-state index contributed by atoms with van der Waals surface area (Å²) in [4.78, 5) is 12.0. The van der Waals surface area contributed by atoms with Crippen LogP contribution >= 0.6 is 0 Å². The lowest BCUT2D eigenvalue weighted by Gasteiger charge is -2.10. The van der Waals surface area contributed by atoms with E-state index in [1.54, 1.807) is 50.2 Å². The van der Waals surface area contributed by atoms with Crippen LogP contribution < -0.4 is 11.1 Å². The van der Waals surface area contributed by atoms with Crippen molar-refractivity contribution in [2.24, 2.45) is 5.73 Å². The molecule has 2 rings (SSSR count). The van der Waals surface area contributed by atoms with E-state index in [9.17, 15) is 13.2 Å². The van der Waals surface area contributed by atoms with Gasteiger partial charge in [0.1, 0.15) is 0 Å². The van der Waals surface area contributed by atoms with Crippen LogP contribution in [-0.4, -0.2) is 20.4 Å². The average molecular weight is 318 g/mol. The summed E-state index contributed by atoms with van der Waals surface area (Å²) in [5.41, 5.74) is 6.66. The fourth-order valence-electron chi connectivity index (χ4n) is 1.96. The maximum atomic E-state index is 12.6. The van der Waals surface area contributed by atoms with Gasteiger partial charge in [-0.25, -0.2) is 8.42 Å². The molecule has 0 heterocycles. The molecule has 0 aromatic heterocycles. The van der Waals surface area contributed by atoms with Crippen LogP contribution in [0.2, 0.25) is 0 Å². The summed E-state index contributed by atoms with van der Waals surface area (Å²) in [6.07, 6.45) is 0. The molecule has 116 valence electrons. The molecule has 0 radical (unpaired) electrons. The highest BCUT2D eigenvalue weighted by atomic mass is 32.2. The van der Waals surface area contributed by atoms with E-state index in [-0.39, 0.29) is 15.7 Å². The van der Waals surface area contributed by atoms with E-state index in [4.69, 9.17) is 5.73 Å². The Bertz CT molecular complexity index is 781. The van der Waals surface area contributed by atoms with Gasteiger partial charge in [-0.15, -0.1) is 0 Å². The molecule has 1 atom stereocenters. The molecule has 1 amide bonds. The molecule has 2 aromatic rings. The topological polar surface area (TPSA) is 89.3 Å². The molecular weight excluding hydrogens is 300 g/mol. The van der Waals surface area contributed by atoms with Crippen molar-refractivity contribution in [3.8, 4) is 0 Å². The van der Waals surface area contributed by atoms with Crippen molar-refractivity contribution in [2.75, 3.05) is 5.32 Å². The Morgan fingerprint density at radius 2 is 1.68 bits per heavy atom. The third-order valence-corrected chi connectivity index (χ3v) is 5.16. The standard InChI is InChI=1S/C16H18N2O3S/c1-11-5-3-4-6-15(11)22(20,21)14-9-7-13(8-10-14)18-16(19)12(2)17/h3-10,12H,17H2,1-2H3,(H,18,19). The molecule has 3 N–H and O–H groups in total. The quantitative estimate of drug-likeness (QED) is 0.903. The number of aryl methyl sites for hydroxylation is 1. The molecule has 6 heteroatoms. The van der Waals surface area contributed by atoms with E-state index in [2.05, 4.69) is 5.32 Å². The summed E-state index contributed by atoms with van der Waals surface area (Å²) >= 11 is 0. The lowest BCUT2D eigenvalue weighted by Crippen LogP contribution is -2.32. The number of nitrogens with one attached hydrogen (secondary N) is 1. The maximum Gasteiger partial charge on any atom is 0.240 e. The first kappa shape index (κ1) is 16.2. The minimum atomic E-state index is -3.57. The number of amides is 1. The lowest BCUT2D eigenvalue weighted by molar-refractivity contribution is -0.117. The van der Waals surface area contributed by atoms with Crippen molar-refractivity contribution in [1.29, 1.82) is 0 Å². The highest BCUT2D eigenvalue weighted by Gasteiger charge is 2.19. The van der Waals surface area contributed by atoms with Gasteiger partial charge in [0.05, 0.1) is 15.8 Å². The van der Waals surface area contributed by atoms with Crippen LogP contribution in [0.5, 0.6) is 0 Å². The first-order valence-electron chi connectivity index (χ1n) is 6.79. The van der Waals surface area contributed by atoms with Crippen LogP contribution in [-0.2, 0) is 14.6 Å². The number of sulfone groups is 1. The van der Waals surface area contributed by atoms with Crippen molar-refractivity contribution in [3.63, 3.8) is 0 Å². The normalized spacial score (nSPS) is 12.7. The highest BCUT2D eigenvalue weighted by molar-refractivity contribution is 7.91. The second-order valence-corrected chi connectivity index (χ2v) is 6.99. The molecule has 0 bridgehead atoms. The van der Waals surface area contributed by atoms with Gasteiger partial charge in [-0.3, -0.25) is 4.79 Å². The summed E-state index contributed by atoms with van der Waals surface area (Å²) in [6, 6.07) is 12.2. The monoisotopic (exact) mass is 318 g/mol. The average Bonchev–Trinajstić information content (AvgIpc) is 2.48. The van der Waals surface area contributed by atoms with Crippen LogP contribution in [0.4, 0.5) is 5.69 Å². The van der Waals surface area contributed by atoms with Gasteiger partial charge in [0, 0.05) is 5.69 Å². The van der Waals surface area contributed by atoms with Gasteiger partial charge in [0.25, 0.3) is 0 Å². The Morgan fingerprint density at radius 1 is 1.09 bits per heavy atom. The van der Waals surface area contributed by atoms with E-state index < -0.39 is 15.9 Å². The number of hydrogen-bond donors (Lipinski definition) is 2. The largest absolute Gasteiger partial charge is 0.325 e. The van der Waals surface area contributed by atoms with Crippen molar-refractivity contribution in [3.05, 3.63) is 54.1 Å². The van der Waals surface area contributed by atoms with Gasteiger partial charge in [-0.05, 0) is 49.7 Å². The Hall–Kier alpha value is -2.18. The molecule has 22 heavy (non-hydrogen) atoms. The number of benzene rings is 2. The molecule has 5 nitrogen and oxygen atoms in total. The molecular formula is C16H18N2O3S. The van der Waals surface area contributed by atoms with E-state index in [1.807, 2.05) is 0 Å². The predicted molar refractivity (Wildman–Crippen MR) is 85.4 cm³/mol. The number of nitrogens with two attached hydrogens (primary N) is 1. The van der Waals surface area contributed by atoms with Crippen LogP contribution in [0.3, 0.4) is 0 Å². The van der Waals surface area contributed by atoms with Crippen molar-refractivity contribution < 1.29 is 13.2 Å². The zero-order chi connectivity index (χ0) is 16.3. The summed E-state index contributed by atoms with van der Waals surface area (Å²) in [6.45, 7) is 3.33. The van der Waals surface area contributed by atoms with Crippen LogP contribution in [0, 0.1) is 6.92 Å². The smallest absolute Gasteiger partial charge is 0.240 e. The fourth-order valence-corrected chi connectivity index (χ4v) is 3.46.